The second-order valence-electron chi connectivity index (χ2n) is 4.38. The largest absolute Gasteiger partial charge is 0.311 e. The van der Waals surface area contributed by atoms with Crippen LogP contribution in [0.4, 0.5) is 0 Å². The van der Waals surface area contributed by atoms with E-state index in [1.54, 1.807) is 6.33 Å². The maximum absolute atomic E-state index is 4.27. The summed E-state index contributed by atoms with van der Waals surface area (Å²) in [6.45, 7) is 6.53. The second kappa shape index (κ2) is 5.92. The molecular formula is C12H20N4. The first-order valence-corrected chi connectivity index (χ1v) is 6.09. The summed E-state index contributed by atoms with van der Waals surface area (Å²) in [6, 6.07) is 2.65. The lowest BCUT2D eigenvalue weighted by Crippen LogP contribution is -2.50. The molecule has 88 valence electrons. The SMILES string of the molecule is CCCC1CN(Cc2ccncn2)CCN1. The summed E-state index contributed by atoms with van der Waals surface area (Å²) in [5.41, 5.74) is 1.12. The molecule has 1 unspecified atom stereocenters. The summed E-state index contributed by atoms with van der Waals surface area (Å²) in [5, 5.41) is 3.56. The monoisotopic (exact) mass is 220 g/mol. The van der Waals surface area contributed by atoms with Crippen LogP contribution in [-0.4, -0.2) is 40.5 Å². The van der Waals surface area contributed by atoms with Gasteiger partial charge in [-0.15, -0.1) is 0 Å². The predicted molar refractivity (Wildman–Crippen MR) is 64.0 cm³/mol. The van der Waals surface area contributed by atoms with Gasteiger partial charge >= 0.3 is 0 Å². The Balaban J connectivity index is 1.85. The fraction of sp³-hybridized carbons (Fsp3) is 0.667. The van der Waals surface area contributed by atoms with E-state index in [1.807, 2.05) is 12.3 Å². The molecule has 16 heavy (non-hydrogen) atoms. The van der Waals surface area contributed by atoms with Crippen LogP contribution in [0.3, 0.4) is 0 Å². The lowest BCUT2D eigenvalue weighted by atomic mass is 10.1. The minimum Gasteiger partial charge on any atom is -0.311 e. The lowest BCUT2D eigenvalue weighted by molar-refractivity contribution is 0.185. The number of hydrogen-bond donors (Lipinski definition) is 1. The molecule has 0 saturated carbocycles. The third-order valence-corrected chi connectivity index (χ3v) is 3.01. The summed E-state index contributed by atoms with van der Waals surface area (Å²) < 4.78 is 0. The summed E-state index contributed by atoms with van der Waals surface area (Å²) in [7, 11) is 0. The zero-order chi connectivity index (χ0) is 11.2. The molecule has 1 saturated heterocycles. The Kier molecular flexibility index (Phi) is 4.25. The Labute approximate surface area is 97.1 Å². The van der Waals surface area contributed by atoms with Crippen molar-refractivity contribution in [2.24, 2.45) is 0 Å². The molecular weight excluding hydrogens is 200 g/mol. The Morgan fingerprint density at radius 2 is 2.50 bits per heavy atom. The number of hydrogen-bond acceptors (Lipinski definition) is 4. The van der Waals surface area contributed by atoms with E-state index in [0.717, 1.165) is 31.9 Å². The van der Waals surface area contributed by atoms with Gasteiger partial charge in [0.1, 0.15) is 6.33 Å². The van der Waals surface area contributed by atoms with Crippen LogP contribution in [0.2, 0.25) is 0 Å². The van der Waals surface area contributed by atoms with Crippen molar-refractivity contribution in [3.05, 3.63) is 24.3 Å². The van der Waals surface area contributed by atoms with Gasteiger partial charge in [0, 0.05) is 38.4 Å². The van der Waals surface area contributed by atoms with Crippen molar-refractivity contribution in [3.63, 3.8) is 0 Å². The van der Waals surface area contributed by atoms with Crippen molar-refractivity contribution in [1.82, 2.24) is 20.2 Å². The van der Waals surface area contributed by atoms with Crippen molar-refractivity contribution in [3.8, 4) is 0 Å². The fourth-order valence-corrected chi connectivity index (χ4v) is 2.22. The topological polar surface area (TPSA) is 41.1 Å². The first-order chi connectivity index (χ1) is 7.88. The number of rotatable bonds is 4. The average molecular weight is 220 g/mol. The van der Waals surface area contributed by atoms with Gasteiger partial charge in [-0.05, 0) is 12.5 Å². The van der Waals surface area contributed by atoms with Gasteiger partial charge < -0.3 is 5.32 Å². The van der Waals surface area contributed by atoms with Crippen molar-refractivity contribution >= 4 is 0 Å². The number of nitrogens with zero attached hydrogens (tertiary/aromatic N) is 3. The van der Waals surface area contributed by atoms with Crippen LogP contribution in [0.25, 0.3) is 0 Å². The van der Waals surface area contributed by atoms with Crippen molar-refractivity contribution in [2.45, 2.75) is 32.4 Å². The minimum absolute atomic E-state index is 0.653. The van der Waals surface area contributed by atoms with Crippen LogP contribution in [0.15, 0.2) is 18.6 Å². The molecule has 1 aromatic rings. The molecule has 2 heterocycles. The van der Waals surface area contributed by atoms with Crippen LogP contribution < -0.4 is 5.32 Å². The van der Waals surface area contributed by atoms with Crippen LogP contribution in [-0.2, 0) is 6.54 Å². The highest BCUT2D eigenvalue weighted by molar-refractivity contribution is 4.98. The van der Waals surface area contributed by atoms with Crippen LogP contribution >= 0.6 is 0 Å². The first-order valence-electron chi connectivity index (χ1n) is 6.09. The number of aromatic nitrogens is 2. The zero-order valence-corrected chi connectivity index (χ0v) is 9.89. The molecule has 1 fully saturated rings. The maximum Gasteiger partial charge on any atom is 0.115 e. The number of piperazine rings is 1. The molecule has 1 aliphatic heterocycles. The Bertz CT molecular complexity index is 299. The third-order valence-electron chi connectivity index (χ3n) is 3.01. The summed E-state index contributed by atoms with van der Waals surface area (Å²) in [4.78, 5) is 10.7. The molecule has 0 aliphatic carbocycles. The van der Waals surface area contributed by atoms with Gasteiger partial charge in [-0.25, -0.2) is 9.97 Å². The van der Waals surface area contributed by atoms with Crippen LogP contribution in [0.1, 0.15) is 25.5 Å². The maximum atomic E-state index is 4.27. The molecule has 4 heteroatoms. The number of nitrogens with one attached hydrogen (secondary N) is 1. The molecule has 0 spiro atoms. The van der Waals surface area contributed by atoms with E-state index in [4.69, 9.17) is 0 Å². The van der Waals surface area contributed by atoms with E-state index in [0.29, 0.717) is 6.04 Å². The first kappa shape index (κ1) is 11.5. The van der Waals surface area contributed by atoms with E-state index < -0.39 is 0 Å². The third kappa shape index (κ3) is 3.25. The van der Waals surface area contributed by atoms with Gasteiger partial charge in [0.25, 0.3) is 0 Å². The quantitative estimate of drug-likeness (QED) is 0.823. The van der Waals surface area contributed by atoms with Crippen LogP contribution in [0.5, 0.6) is 0 Å². The molecule has 1 aromatic heterocycles. The molecule has 0 bridgehead atoms. The van der Waals surface area contributed by atoms with E-state index in [2.05, 4.69) is 27.1 Å². The molecule has 1 aliphatic rings. The highest BCUT2D eigenvalue weighted by atomic mass is 15.2. The Morgan fingerprint density at radius 1 is 1.56 bits per heavy atom. The van der Waals surface area contributed by atoms with Gasteiger partial charge in [0.05, 0.1) is 5.69 Å². The minimum atomic E-state index is 0.653. The van der Waals surface area contributed by atoms with Gasteiger partial charge in [-0.2, -0.15) is 0 Å². The highest BCUT2D eigenvalue weighted by Gasteiger charge is 2.18. The van der Waals surface area contributed by atoms with Gasteiger partial charge in [-0.1, -0.05) is 13.3 Å². The van der Waals surface area contributed by atoms with E-state index in [1.165, 1.54) is 12.8 Å². The van der Waals surface area contributed by atoms with Crippen LogP contribution in [0, 0.1) is 0 Å². The molecule has 1 N–H and O–H groups in total. The molecule has 4 nitrogen and oxygen atoms in total. The normalized spacial score (nSPS) is 22.2. The lowest BCUT2D eigenvalue weighted by Gasteiger charge is -2.33. The summed E-state index contributed by atoms with van der Waals surface area (Å²) >= 11 is 0. The van der Waals surface area contributed by atoms with Crippen molar-refractivity contribution < 1.29 is 0 Å². The second-order valence-corrected chi connectivity index (χ2v) is 4.38. The molecule has 0 radical (unpaired) electrons. The summed E-state index contributed by atoms with van der Waals surface area (Å²) in [6.07, 6.45) is 5.95. The Hall–Kier alpha value is -1.00. The predicted octanol–water partition coefficient (Wildman–Crippen LogP) is 1.05. The standard InChI is InChI=1S/C12H20N4/c1-2-3-11-8-16(7-6-14-11)9-12-4-5-13-10-15-12/h4-5,10-11,14H,2-3,6-9H2,1H3. The molecule has 0 amide bonds. The van der Waals surface area contributed by atoms with Gasteiger partial charge in [0.2, 0.25) is 0 Å². The smallest absolute Gasteiger partial charge is 0.115 e. The van der Waals surface area contributed by atoms with Gasteiger partial charge in [0.15, 0.2) is 0 Å². The van der Waals surface area contributed by atoms with Crippen molar-refractivity contribution in [1.29, 1.82) is 0 Å². The molecule has 2 rings (SSSR count). The van der Waals surface area contributed by atoms with E-state index in [-0.39, 0.29) is 0 Å². The van der Waals surface area contributed by atoms with E-state index >= 15 is 0 Å². The fourth-order valence-electron chi connectivity index (χ4n) is 2.22. The highest BCUT2D eigenvalue weighted by Crippen LogP contribution is 2.08. The van der Waals surface area contributed by atoms with Crippen molar-refractivity contribution in [2.75, 3.05) is 19.6 Å². The molecule has 1 atom stereocenters. The van der Waals surface area contributed by atoms with E-state index in [9.17, 15) is 0 Å². The zero-order valence-electron chi connectivity index (χ0n) is 9.89. The van der Waals surface area contributed by atoms with Gasteiger partial charge in [-0.3, -0.25) is 4.90 Å². The Morgan fingerprint density at radius 3 is 3.25 bits per heavy atom. The summed E-state index contributed by atoms with van der Waals surface area (Å²) in [5.74, 6) is 0. The average Bonchev–Trinajstić information content (AvgIpc) is 2.31. The molecule has 0 aromatic carbocycles.